The maximum atomic E-state index is 11.9. The van der Waals surface area contributed by atoms with Gasteiger partial charge in [-0.2, -0.15) is 0 Å². The zero-order valence-electron chi connectivity index (χ0n) is 10.9. The topological polar surface area (TPSA) is 47.9 Å². The summed E-state index contributed by atoms with van der Waals surface area (Å²) in [5, 5.41) is 5.81. The van der Waals surface area contributed by atoms with Crippen LogP contribution in [0.15, 0.2) is 40.9 Å². The fourth-order valence-corrected chi connectivity index (χ4v) is 2.89. The molecule has 4 nitrogen and oxygen atoms in total. The lowest BCUT2D eigenvalue weighted by atomic mass is 10.2. The van der Waals surface area contributed by atoms with Gasteiger partial charge >= 0.3 is 5.97 Å². The molecule has 0 aliphatic carbocycles. The van der Waals surface area contributed by atoms with Gasteiger partial charge < -0.3 is 9.57 Å². The van der Waals surface area contributed by atoms with Crippen molar-refractivity contribution in [2.45, 2.75) is 6.92 Å². The van der Waals surface area contributed by atoms with E-state index in [1.54, 1.807) is 43.6 Å². The molecule has 0 fully saturated rings. The second kappa shape index (κ2) is 6.85. The van der Waals surface area contributed by atoms with Gasteiger partial charge in [0, 0.05) is 0 Å². The molecule has 104 valence electrons. The van der Waals surface area contributed by atoms with Crippen LogP contribution in [0.25, 0.3) is 0 Å². The molecule has 0 saturated heterocycles. The van der Waals surface area contributed by atoms with Crippen molar-refractivity contribution in [2.24, 2.45) is 5.16 Å². The van der Waals surface area contributed by atoms with Gasteiger partial charge in [-0.3, -0.25) is 0 Å². The van der Waals surface area contributed by atoms with E-state index >= 15 is 0 Å². The lowest BCUT2D eigenvalue weighted by molar-refractivity contribution is 0.0516. The average molecular weight is 401 g/mol. The lowest BCUT2D eigenvalue weighted by Gasteiger charge is -2.04. The van der Waals surface area contributed by atoms with E-state index < -0.39 is 5.97 Å². The van der Waals surface area contributed by atoms with Crippen LogP contribution >= 0.6 is 33.9 Å². The van der Waals surface area contributed by atoms with E-state index in [0.29, 0.717) is 11.3 Å². The summed E-state index contributed by atoms with van der Waals surface area (Å²) in [6.45, 7) is 1.80. The van der Waals surface area contributed by atoms with Crippen molar-refractivity contribution in [1.29, 1.82) is 0 Å². The lowest BCUT2D eigenvalue weighted by Crippen LogP contribution is -2.04. The Morgan fingerprint density at radius 3 is 2.75 bits per heavy atom. The Bertz CT molecular complexity index is 638. The van der Waals surface area contributed by atoms with Crippen LogP contribution in [0.2, 0.25) is 0 Å². The molecular formula is C14H12INO3S. The monoisotopic (exact) mass is 401 g/mol. The highest BCUT2D eigenvalue weighted by Crippen LogP contribution is 2.22. The number of hydrogen-bond acceptors (Lipinski definition) is 5. The quantitative estimate of drug-likeness (QED) is 0.338. The van der Waals surface area contributed by atoms with E-state index in [1.165, 1.54) is 0 Å². The number of ether oxygens (including phenoxy) is 1. The Balaban J connectivity index is 2.09. The van der Waals surface area contributed by atoms with Gasteiger partial charge in [-0.1, -0.05) is 11.2 Å². The third kappa shape index (κ3) is 3.57. The van der Waals surface area contributed by atoms with Crippen LogP contribution in [0.5, 0.6) is 5.75 Å². The second-order valence-corrected chi connectivity index (χ2v) is 5.99. The Morgan fingerprint density at radius 1 is 1.35 bits per heavy atom. The number of carbonyl (C=O) groups is 1. The first-order valence-corrected chi connectivity index (χ1v) is 7.71. The van der Waals surface area contributed by atoms with E-state index in [0.717, 1.165) is 14.2 Å². The maximum Gasteiger partial charge on any atom is 0.365 e. The van der Waals surface area contributed by atoms with Crippen molar-refractivity contribution >= 4 is 45.6 Å². The van der Waals surface area contributed by atoms with Gasteiger partial charge in [0.05, 0.1) is 26.8 Å². The standard InChI is InChI=1S/C14H12INO3S/c1-9(13-4-3-7-20-13)16-19-14(17)10-5-6-12(18-2)11(15)8-10/h3-8H,1-2H3. The summed E-state index contributed by atoms with van der Waals surface area (Å²) in [6.07, 6.45) is 0. The van der Waals surface area contributed by atoms with Crippen molar-refractivity contribution in [3.63, 3.8) is 0 Å². The number of halogens is 1. The molecule has 6 heteroatoms. The van der Waals surface area contributed by atoms with Crippen molar-refractivity contribution in [3.8, 4) is 5.75 Å². The molecule has 0 N–H and O–H groups in total. The van der Waals surface area contributed by atoms with Gasteiger partial charge in [-0.05, 0) is 59.2 Å². The molecule has 1 heterocycles. The summed E-state index contributed by atoms with van der Waals surface area (Å²) in [7, 11) is 1.59. The molecule has 0 spiro atoms. The minimum Gasteiger partial charge on any atom is -0.496 e. The summed E-state index contributed by atoms with van der Waals surface area (Å²) in [5.74, 6) is 0.238. The average Bonchev–Trinajstić information content (AvgIpc) is 2.98. The highest BCUT2D eigenvalue weighted by Gasteiger charge is 2.10. The Labute approximate surface area is 134 Å². The van der Waals surface area contributed by atoms with E-state index in [1.807, 2.05) is 17.5 Å². The molecule has 1 aromatic carbocycles. The molecule has 0 atom stereocenters. The first-order chi connectivity index (χ1) is 9.61. The molecule has 1 aromatic heterocycles. The molecule has 0 unspecified atom stereocenters. The van der Waals surface area contributed by atoms with Crippen molar-refractivity contribution in [2.75, 3.05) is 7.11 Å². The summed E-state index contributed by atoms with van der Waals surface area (Å²) >= 11 is 3.65. The number of thiophene rings is 1. The van der Waals surface area contributed by atoms with Crippen LogP contribution in [0.3, 0.4) is 0 Å². The zero-order valence-corrected chi connectivity index (χ0v) is 13.9. The summed E-state index contributed by atoms with van der Waals surface area (Å²) < 4.78 is 5.99. The van der Waals surface area contributed by atoms with E-state index in [2.05, 4.69) is 27.7 Å². The van der Waals surface area contributed by atoms with Gasteiger partial charge in [-0.15, -0.1) is 11.3 Å². The first kappa shape index (κ1) is 15.0. The van der Waals surface area contributed by atoms with Gasteiger partial charge in [0.15, 0.2) is 0 Å². The van der Waals surface area contributed by atoms with Gasteiger partial charge in [0.25, 0.3) is 0 Å². The number of oxime groups is 1. The predicted octanol–water partition coefficient (Wildman–Crippen LogP) is 3.94. The largest absolute Gasteiger partial charge is 0.496 e. The van der Waals surface area contributed by atoms with Crippen LogP contribution in [-0.4, -0.2) is 18.8 Å². The van der Waals surface area contributed by atoms with Crippen molar-refractivity contribution in [3.05, 3.63) is 49.7 Å². The molecule has 0 bridgehead atoms. The smallest absolute Gasteiger partial charge is 0.365 e. The van der Waals surface area contributed by atoms with Gasteiger partial charge in [0.1, 0.15) is 5.75 Å². The van der Waals surface area contributed by atoms with E-state index in [4.69, 9.17) is 9.57 Å². The highest BCUT2D eigenvalue weighted by atomic mass is 127. The molecular weight excluding hydrogens is 389 g/mol. The summed E-state index contributed by atoms with van der Waals surface area (Å²) in [5.41, 5.74) is 1.12. The number of methoxy groups -OCH3 is 1. The Morgan fingerprint density at radius 2 is 2.15 bits per heavy atom. The molecule has 2 rings (SSSR count). The summed E-state index contributed by atoms with van der Waals surface area (Å²) in [4.78, 5) is 17.8. The van der Waals surface area contributed by atoms with Gasteiger partial charge in [0.2, 0.25) is 0 Å². The number of benzene rings is 1. The molecule has 0 radical (unpaired) electrons. The van der Waals surface area contributed by atoms with Crippen LogP contribution in [0.1, 0.15) is 22.2 Å². The van der Waals surface area contributed by atoms with Crippen LogP contribution in [0.4, 0.5) is 0 Å². The fraction of sp³-hybridized carbons (Fsp3) is 0.143. The molecule has 0 amide bonds. The molecule has 0 aliphatic rings. The molecule has 2 aromatic rings. The fourth-order valence-electron chi connectivity index (χ4n) is 1.49. The second-order valence-electron chi connectivity index (χ2n) is 3.88. The minimum absolute atomic E-state index is 0.443. The molecule has 20 heavy (non-hydrogen) atoms. The number of nitrogens with zero attached hydrogens (tertiary/aromatic N) is 1. The van der Waals surface area contributed by atoms with Crippen LogP contribution in [0, 0.1) is 3.57 Å². The predicted molar refractivity (Wildman–Crippen MR) is 87.7 cm³/mol. The van der Waals surface area contributed by atoms with Crippen LogP contribution < -0.4 is 4.74 Å². The number of rotatable bonds is 4. The normalized spacial score (nSPS) is 11.2. The van der Waals surface area contributed by atoms with E-state index in [-0.39, 0.29) is 0 Å². The number of carbonyl (C=O) groups excluding carboxylic acids is 1. The van der Waals surface area contributed by atoms with Gasteiger partial charge in [-0.25, -0.2) is 4.79 Å². The highest BCUT2D eigenvalue weighted by molar-refractivity contribution is 14.1. The van der Waals surface area contributed by atoms with E-state index in [9.17, 15) is 4.79 Å². The molecule has 0 aliphatic heterocycles. The SMILES string of the molecule is COc1ccc(C(=O)ON=C(C)c2cccs2)cc1I. The Kier molecular flexibility index (Phi) is 5.13. The third-order valence-corrected chi connectivity index (χ3v) is 4.35. The van der Waals surface area contributed by atoms with Crippen molar-refractivity contribution < 1.29 is 14.4 Å². The zero-order chi connectivity index (χ0) is 14.5. The first-order valence-electron chi connectivity index (χ1n) is 5.75. The Hall–Kier alpha value is -1.41. The van der Waals surface area contributed by atoms with Crippen molar-refractivity contribution in [1.82, 2.24) is 0 Å². The summed E-state index contributed by atoms with van der Waals surface area (Å²) in [6, 6.07) is 8.94. The third-order valence-electron chi connectivity index (χ3n) is 2.53. The maximum absolute atomic E-state index is 11.9. The van der Waals surface area contributed by atoms with Crippen LogP contribution in [-0.2, 0) is 4.84 Å². The molecule has 0 saturated carbocycles. The number of hydrogen-bond donors (Lipinski definition) is 0. The minimum atomic E-state index is -0.485.